The van der Waals surface area contributed by atoms with Crippen molar-refractivity contribution in [2.45, 2.75) is 33.6 Å². The van der Waals surface area contributed by atoms with Crippen LogP contribution in [0.5, 0.6) is 0 Å². The van der Waals surface area contributed by atoms with E-state index in [0.29, 0.717) is 6.54 Å². The third-order valence-electron chi connectivity index (χ3n) is 3.74. The molecule has 0 spiro atoms. The highest BCUT2D eigenvalue weighted by Crippen LogP contribution is 2.12. The molecule has 2 N–H and O–H groups in total. The molecule has 1 aromatic rings. The normalized spacial score (nSPS) is 11.1. The highest BCUT2D eigenvalue weighted by molar-refractivity contribution is 5.39. The number of rotatable bonds is 10. The van der Waals surface area contributed by atoms with Crippen molar-refractivity contribution in [2.24, 2.45) is 5.73 Å². The number of anilines is 1. The molecule has 0 amide bonds. The van der Waals surface area contributed by atoms with Crippen LogP contribution in [0.1, 0.15) is 32.8 Å². The molecule has 0 saturated heterocycles. The van der Waals surface area contributed by atoms with E-state index in [1.807, 2.05) is 6.20 Å². The highest BCUT2D eigenvalue weighted by atomic mass is 15.2. The van der Waals surface area contributed by atoms with Crippen molar-refractivity contribution >= 4 is 5.82 Å². The zero-order valence-electron chi connectivity index (χ0n) is 13.3. The van der Waals surface area contributed by atoms with Gasteiger partial charge < -0.3 is 15.5 Å². The first-order chi connectivity index (χ1) is 9.74. The smallest absolute Gasteiger partial charge is 0.128 e. The van der Waals surface area contributed by atoms with Crippen LogP contribution in [0.25, 0.3) is 0 Å². The predicted molar refractivity (Wildman–Crippen MR) is 87.3 cm³/mol. The van der Waals surface area contributed by atoms with Gasteiger partial charge in [-0.05, 0) is 57.6 Å². The number of nitrogens with zero attached hydrogens (tertiary/aromatic N) is 3. The molecule has 114 valence electrons. The van der Waals surface area contributed by atoms with Crippen LogP contribution in [0.3, 0.4) is 0 Å². The van der Waals surface area contributed by atoms with Crippen LogP contribution < -0.4 is 10.6 Å². The Balaban J connectivity index is 2.48. The first-order valence-electron chi connectivity index (χ1n) is 7.87. The quantitative estimate of drug-likeness (QED) is 0.712. The number of hydrogen-bond acceptors (Lipinski definition) is 4. The lowest BCUT2D eigenvalue weighted by Gasteiger charge is -2.24. The second-order valence-electron chi connectivity index (χ2n) is 5.02. The standard InChI is InChI=1S/C16H30N4/c1-4-19(5-2)12-7-13-20(6-3)16-9-8-15(10-11-17)14-18-16/h8-9,14H,4-7,10-13,17H2,1-3H3. The SMILES string of the molecule is CCN(CC)CCCN(CC)c1ccc(CCN)cn1. The molecule has 0 atom stereocenters. The first-order valence-corrected chi connectivity index (χ1v) is 7.87. The van der Waals surface area contributed by atoms with Crippen molar-refractivity contribution in [2.75, 3.05) is 44.2 Å². The molecule has 20 heavy (non-hydrogen) atoms. The number of nitrogens with two attached hydrogens (primary N) is 1. The molecule has 0 aliphatic rings. The molecule has 0 radical (unpaired) electrons. The summed E-state index contributed by atoms with van der Waals surface area (Å²) in [5.41, 5.74) is 6.78. The van der Waals surface area contributed by atoms with Gasteiger partial charge in [0, 0.05) is 19.3 Å². The maximum absolute atomic E-state index is 5.56. The van der Waals surface area contributed by atoms with Crippen molar-refractivity contribution in [1.82, 2.24) is 9.88 Å². The van der Waals surface area contributed by atoms with Crippen LogP contribution in [-0.2, 0) is 6.42 Å². The second kappa shape index (κ2) is 9.72. The van der Waals surface area contributed by atoms with Gasteiger partial charge in [0.2, 0.25) is 0 Å². The van der Waals surface area contributed by atoms with Gasteiger partial charge in [-0.25, -0.2) is 4.98 Å². The van der Waals surface area contributed by atoms with Crippen LogP contribution in [0.4, 0.5) is 5.82 Å². The summed E-state index contributed by atoms with van der Waals surface area (Å²) in [4.78, 5) is 9.37. The van der Waals surface area contributed by atoms with Crippen LogP contribution in [0.15, 0.2) is 18.3 Å². The van der Waals surface area contributed by atoms with Gasteiger partial charge in [-0.15, -0.1) is 0 Å². The Kier molecular flexibility index (Phi) is 8.23. The average molecular weight is 278 g/mol. The summed E-state index contributed by atoms with van der Waals surface area (Å²) in [6.45, 7) is 12.8. The first kappa shape index (κ1) is 16.9. The summed E-state index contributed by atoms with van der Waals surface area (Å²) in [7, 11) is 0. The average Bonchev–Trinajstić information content (AvgIpc) is 2.49. The van der Waals surface area contributed by atoms with E-state index >= 15 is 0 Å². The van der Waals surface area contributed by atoms with E-state index in [1.54, 1.807) is 0 Å². The Morgan fingerprint density at radius 1 is 1.05 bits per heavy atom. The number of hydrogen-bond donors (Lipinski definition) is 1. The molecule has 4 nitrogen and oxygen atoms in total. The van der Waals surface area contributed by atoms with E-state index < -0.39 is 0 Å². The molecular formula is C16H30N4. The molecule has 0 bridgehead atoms. The van der Waals surface area contributed by atoms with Gasteiger partial charge in [0.05, 0.1) is 0 Å². The van der Waals surface area contributed by atoms with Gasteiger partial charge in [-0.3, -0.25) is 0 Å². The van der Waals surface area contributed by atoms with Crippen molar-refractivity contribution in [3.8, 4) is 0 Å². The lowest BCUT2D eigenvalue weighted by atomic mass is 10.2. The van der Waals surface area contributed by atoms with Gasteiger partial charge in [0.15, 0.2) is 0 Å². The molecule has 0 aliphatic heterocycles. The minimum absolute atomic E-state index is 0.683. The van der Waals surface area contributed by atoms with Gasteiger partial charge >= 0.3 is 0 Å². The van der Waals surface area contributed by atoms with E-state index in [0.717, 1.165) is 45.0 Å². The lowest BCUT2D eigenvalue weighted by molar-refractivity contribution is 0.300. The second-order valence-corrected chi connectivity index (χ2v) is 5.02. The van der Waals surface area contributed by atoms with E-state index in [4.69, 9.17) is 5.73 Å². The molecule has 0 saturated carbocycles. The Bertz CT molecular complexity index is 346. The van der Waals surface area contributed by atoms with Gasteiger partial charge in [-0.2, -0.15) is 0 Å². The molecule has 1 rings (SSSR count). The molecule has 1 heterocycles. The van der Waals surface area contributed by atoms with E-state index in [2.05, 4.69) is 47.7 Å². The zero-order valence-corrected chi connectivity index (χ0v) is 13.3. The Hall–Kier alpha value is -1.13. The number of pyridine rings is 1. The van der Waals surface area contributed by atoms with Crippen molar-refractivity contribution in [3.05, 3.63) is 23.9 Å². The summed E-state index contributed by atoms with van der Waals surface area (Å²) >= 11 is 0. The third kappa shape index (κ3) is 5.47. The third-order valence-corrected chi connectivity index (χ3v) is 3.74. The summed E-state index contributed by atoms with van der Waals surface area (Å²) in [5, 5.41) is 0. The molecule has 0 unspecified atom stereocenters. The molecule has 4 heteroatoms. The van der Waals surface area contributed by atoms with Crippen molar-refractivity contribution in [3.63, 3.8) is 0 Å². The Labute approximate surface area is 124 Å². The fourth-order valence-corrected chi connectivity index (χ4v) is 2.38. The monoisotopic (exact) mass is 278 g/mol. The zero-order chi connectivity index (χ0) is 14.8. The largest absolute Gasteiger partial charge is 0.357 e. The minimum Gasteiger partial charge on any atom is -0.357 e. The molecular weight excluding hydrogens is 248 g/mol. The molecule has 1 aromatic heterocycles. The molecule has 0 aliphatic carbocycles. The van der Waals surface area contributed by atoms with Crippen LogP contribution in [0.2, 0.25) is 0 Å². The summed E-state index contributed by atoms with van der Waals surface area (Å²) < 4.78 is 0. The van der Waals surface area contributed by atoms with Gasteiger partial charge in [0.1, 0.15) is 5.82 Å². The van der Waals surface area contributed by atoms with E-state index in [9.17, 15) is 0 Å². The summed E-state index contributed by atoms with van der Waals surface area (Å²) in [6.07, 6.45) is 4.04. The summed E-state index contributed by atoms with van der Waals surface area (Å²) in [5.74, 6) is 1.08. The van der Waals surface area contributed by atoms with Gasteiger partial charge in [-0.1, -0.05) is 19.9 Å². The Morgan fingerprint density at radius 3 is 2.30 bits per heavy atom. The Morgan fingerprint density at radius 2 is 1.80 bits per heavy atom. The topological polar surface area (TPSA) is 45.4 Å². The van der Waals surface area contributed by atoms with E-state index in [-0.39, 0.29) is 0 Å². The fourth-order valence-electron chi connectivity index (χ4n) is 2.38. The van der Waals surface area contributed by atoms with E-state index in [1.165, 1.54) is 12.0 Å². The molecule has 0 aromatic carbocycles. The van der Waals surface area contributed by atoms with Crippen molar-refractivity contribution < 1.29 is 0 Å². The predicted octanol–water partition coefficient (Wildman–Crippen LogP) is 2.14. The van der Waals surface area contributed by atoms with Gasteiger partial charge in [0.25, 0.3) is 0 Å². The van der Waals surface area contributed by atoms with Crippen LogP contribution in [-0.4, -0.2) is 49.2 Å². The molecule has 0 fully saturated rings. The van der Waals surface area contributed by atoms with Crippen molar-refractivity contribution in [1.29, 1.82) is 0 Å². The fraction of sp³-hybridized carbons (Fsp3) is 0.688. The van der Waals surface area contributed by atoms with Crippen LogP contribution in [0, 0.1) is 0 Å². The maximum atomic E-state index is 5.56. The number of aromatic nitrogens is 1. The minimum atomic E-state index is 0.683. The summed E-state index contributed by atoms with van der Waals surface area (Å²) in [6, 6.07) is 4.26. The highest BCUT2D eigenvalue weighted by Gasteiger charge is 2.06. The maximum Gasteiger partial charge on any atom is 0.128 e. The van der Waals surface area contributed by atoms with Crippen LogP contribution >= 0.6 is 0 Å². The lowest BCUT2D eigenvalue weighted by Crippen LogP contribution is -2.30.